The summed E-state index contributed by atoms with van der Waals surface area (Å²) in [6.07, 6.45) is 6.12. The molecular weight excluding hydrogens is 753 g/mol. The Labute approximate surface area is 331 Å². The number of aromatic nitrogens is 8. The number of imidazole rings is 2. The zero-order valence-corrected chi connectivity index (χ0v) is 33.1. The van der Waals surface area contributed by atoms with Crippen LogP contribution in [0.4, 0.5) is 11.9 Å². The van der Waals surface area contributed by atoms with Gasteiger partial charge in [-0.1, -0.05) is 12.2 Å². The molecule has 0 saturated carbocycles. The quantitative estimate of drug-likeness (QED) is 0.0539. The van der Waals surface area contributed by atoms with Crippen LogP contribution in [-0.2, 0) is 30.4 Å². The number of nitrogens with zero attached hydrogens (tertiary/aromatic N) is 8. The summed E-state index contributed by atoms with van der Waals surface area (Å²) in [6, 6.07) is 11.4. The summed E-state index contributed by atoms with van der Waals surface area (Å²) in [5.74, 6) is -1.32. The molecule has 0 atom stereocenters. The van der Waals surface area contributed by atoms with Gasteiger partial charge in [-0.2, -0.15) is 10.2 Å². The zero-order chi connectivity index (χ0) is 40.8. The van der Waals surface area contributed by atoms with Gasteiger partial charge < -0.3 is 29.5 Å². The second-order valence-corrected chi connectivity index (χ2v) is 13.5. The first kappa shape index (κ1) is 40.2. The number of carbonyl (C=O) groups is 4. The van der Waals surface area contributed by atoms with Crippen LogP contribution in [0.25, 0.3) is 22.1 Å². The smallest absolute Gasteiger partial charge is 0.276 e. The lowest BCUT2D eigenvalue weighted by atomic mass is 10.1. The number of fused-ring (bicyclic) bond motifs is 2. The number of allylic oxidation sites excluding steroid dienone is 2. The minimum absolute atomic E-state index is 0.189. The predicted octanol–water partition coefficient (Wildman–Crippen LogP) is 4.46. The molecule has 4 amide bonds. The Morgan fingerprint density at radius 1 is 0.754 bits per heavy atom. The zero-order valence-electron chi connectivity index (χ0n) is 32.2. The Morgan fingerprint density at radius 2 is 1.32 bits per heavy atom. The molecule has 0 aliphatic rings. The van der Waals surface area contributed by atoms with Crippen molar-refractivity contribution in [1.82, 2.24) is 38.7 Å². The maximum atomic E-state index is 13.7. The first-order valence-corrected chi connectivity index (χ1v) is 19.4. The van der Waals surface area contributed by atoms with Crippen LogP contribution in [0.5, 0.6) is 5.75 Å². The molecule has 4 aromatic heterocycles. The Kier molecular flexibility index (Phi) is 12.4. The van der Waals surface area contributed by atoms with E-state index in [1.54, 1.807) is 67.9 Å². The van der Waals surface area contributed by atoms with Gasteiger partial charge >= 0.3 is 0 Å². The van der Waals surface area contributed by atoms with E-state index in [1.165, 1.54) is 12.0 Å². The average Bonchev–Trinajstić information content (AvgIpc) is 3.95. The first-order chi connectivity index (χ1) is 27.4. The molecule has 2 aromatic carbocycles. The van der Waals surface area contributed by atoms with Crippen LogP contribution in [-0.4, -0.2) is 81.8 Å². The van der Waals surface area contributed by atoms with Crippen LogP contribution in [0.3, 0.4) is 0 Å². The van der Waals surface area contributed by atoms with Crippen molar-refractivity contribution in [3.8, 4) is 5.75 Å². The summed E-state index contributed by atoms with van der Waals surface area (Å²) in [5, 5.41) is 14.6. The normalized spacial score (nSPS) is 11.5. The minimum Gasteiger partial charge on any atom is -0.491 e. The molecule has 0 aliphatic carbocycles. The molecule has 0 unspecified atom stereocenters. The third-order valence-electron chi connectivity index (χ3n) is 8.93. The van der Waals surface area contributed by atoms with E-state index in [0.717, 1.165) is 0 Å². The van der Waals surface area contributed by atoms with Crippen molar-refractivity contribution in [2.45, 2.75) is 60.3 Å². The highest BCUT2D eigenvalue weighted by molar-refractivity contribution is 7.93. The molecule has 298 valence electrons. The predicted molar refractivity (Wildman–Crippen MR) is 216 cm³/mol. The van der Waals surface area contributed by atoms with Gasteiger partial charge in [0.05, 0.1) is 41.2 Å². The highest BCUT2D eigenvalue weighted by Gasteiger charge is 2.22. The summed E-state index contributed by atoms with van der Waals surface area (Å²) < 4.78 is 18.3. The van der Waals surface area contributed by atoms with Gasteiger partial charge in [-0.15, -0.1) is 0 Å². The fraction of sp³-hybridized carbons (Fsp3) is 0.316. The summed E-state index contributed by atoms with van der Waals surface area (Å²) in [6.45, 7) is 9.52. The van der Waals surface area contributed by atoms with Gasteiger partial charge in [0.1, 0.15) is 22.7 Å². The van der Waals surface area contributed by atoms with Crippen molar-refractivity contribution < 1.29 is 28.1 Å². The monoisotopic (exact) mass is 796 g/mol. The average molecular weight is 797 g/mol. The van der Waals surface area contributed by atoms with E-state index in [0.29, 0.717) is 76.7 Å². The standard InChI is InChI=1S/C38H44N12O6S/c1-6-49-29(17-22(3)45-49)35(53)43-37-41-26-19-24(33(39)51)11-12-28(26)47(37)13-8-9-14-48-32-27(20-25(34(40)52)21-31(32)55-15-10-16-56-57-5)42-38(48)44-36(54)30-18-23(4)46-50(30)7-2/h8-9,11-12,17-21H,6-7,10,13-16H2,1-5H3,(H2,39,51)(H2,40,52)(H,41,43,53)(H,42,44,54)/b9-8+. The molecule has 57 heavy (non-hydrogen) atoms. The van der Waals surface area contributed by atoms with Crippen LogP contribution < -0.4 is 26.8 Å². The summed E-state index contributed by atoms with van der Waals surface area (Å²) >= 11 is 1.25. The lowest BCUT2D eigenvalue weighted by Gasteiger charge is -2.13. The molecule has 0 radical (unpaired) electrons. The van der Waals surface area contributed by atoms with Crippen molar-refractivity contribution >= 4 is 69.6 Å². The van der Waals surface area contributed by atoms with Gasteiger partial charge in [-0.05, 0) is 82.2 Å². The van der Waals surface area contributed by atoms with Crippen molar-refractivity contribution in [1.29, 1.82) is 0 Å². The van der Waals surface area contributed by atoms with Crippen molar-refractivity contribution in [3.05, 3.63) is 88.5 Å². The molecule has 19 heteroatoms. The van der Waals surface area contributed by atoms with Crippen LogP contribution >= 0.6 is 12.0 Å². The van der Waals surface area contributed by atoms with E-state index in [9.17, 15) is 19.2 Å². The lowest BCUT2D eigenvalue weighted by Crippen LogP contribution is -2.20. The van der Waals surface area contributed by atoms with E-state index in [2.05, 4.69) is 25.8 Å². The Morgan fingerprint density at radius 3 is 1.89 bits per heavy atom. The summed E-state index contributed by atoms with van der Waals surface area (Å²) in [4.78, 5) is 60.9. The van der Waals surface area contributed by atoms with Gasteiger partial charge in [-0.3, -0.25) is 39.2 Å². The minimum atomic E-state index is -0.664. The molecule has 6 aromatic rings. The third-order valence-corrected chi connectivity index (χ3v) is 9.34. The van der Waals surface area contributed by atoms with Crippen molar-refractivity contribution in [2.24, 2.45) is 11.5 Å². The number of nitrogens with one attached hydrogen (secondary N) is 2. The van der Waals surface area contributed by atoms with Crippen LogP contribution in [0, 0.1) is 13.8 Å². The number of hydrogen-bond acceptors (Lipinski definition) is 11. The largest absolute Gasteiger partial charge is 0.491 e. The molecule has 0 bridgehead atoms. The van der Waals surface area contributed by atoms with Gasteiger partial charge in [0.15, 0.2) is 0 Å². The van der Waals surface area contributed by atoms with E-state index >= 15 is 0 Å². The molecule has 6 N–H and O–H groups in total. The molecule has 6 rings (SSSR count). The molecule has 0 aliphatic heterocycles. The SMILES string of the molecule is CCn1nc(C)cc1C(=O)Nc1nc2cc(C(N)=O)ccc2n1C/C=C/Cn1c(NC(=O)c2cc(C)nn2CC)nc2cc(C(N)=O)cc(OCCCOSC)c21. The number of rotatable bonds is 18. The molecule has 0 spiro atoms. The number of benzene rings is 2. The van der Waals surface area contributed by atoms with Crippen LogP contribution in [0.1, 0.15) is 73.3 Å². The van der Waals surface area contributed by atoms with E-state index in [-0.39, 0.29) is 42.7 Å². The Hall–Kier alpha value is -6.47. The molecule has 0 fully saturated rings. The van der Waals surface area contributed by atoms with E-state index < -0.39 is 23.6 Å². The van der Waals surface area contributed by atoms with E-state index in [1.807, 2.05) is 39.2 Å². The summed E-state index contributed by atoms with van der Waals surface area (Å²) in [7, 11) is 0. The topological polar surface area (TPSA) is 234 Å². The number of amides is 4. The molecule has 4 heterocycles. The molecular formula is C38H44N12O6S. The fourth-order valence-electron chi connectivity index (χ4n) is 6.33. The number of aryl methyl sites for hydroxylation is 4. The lowest BCUT2D eigenvalue weighted by molar-refractivity contribution is 0.0992. The van der Waals surface area contributed by atoms with Gasteiger partial charge in [0.25, 0.3) is 11.8 Å². The highest BCUT2D eigenvalue weighted by Crippen LogP contribution is 2.32. The van der Waals surface area contributed by atoms with Crippen molar-refractivity contribution in [2.75, 3.05) is 30.1 Å². The number of primary amides is 2. The number of anilines is 2. The number of nitrogens with two attached hydrogens (primary N) is 2. The van der Waals surface area contributed by atoms with Gasteiger partial charge in [-0.25, -0.2) is 9.97 Å². The Bertz CT molecular complexity index is 2510. The van der Waals surface area contributed by atoms with Gasteiger partial charge in [0, 0.05) is 50.0 Å². The van der Waals surface area contributed by atoms with Gasteiger partial charge in [0.2, 0.25) is 23.7 Å². The second-order valence-electron chi connectivity index (χ2n) is 12.9. The third kappa shape index (κ3) is 8.84. The first-order valence-electron chi connectivity index (χ1n) is 18.2. The van der Waals surface area contributed by atoms with Crippen LogP contribution in [0.2, 0.25) is 0 Å². The molecule has 18 nitrogen and oxygen atoms in total. The maximum Gasteiger partial charge on any atom is 0.276 e. The number of carbonyl (C=O) groups excluding carboxylic acids is 4. The maximum absolute atomic E-state index is 13.7. The Balaban J connectivity index is 1.37. The summed E-state index contributed by atoms with van der Waals surface area (Å²) in [5.41, 5.74) is 15.8. The second kappa shape index (κ2) is 17.5. The van der Waals surface area contributed by atoms with E-state index in [4.69, 9.17) is 25.4 Å². The van der Waals surface area contributed by atoms with Crippen molar-refractivity contribution in [3.63, 3.8) is 0 Å². The number of hydrogen-bond donors (Lipinski definition) is 4. The highest BCUT2D eigenvalue weighted by atomic mass is 32.2. The molecule has 0 saturated heterocycles. The van der Waals surface area contributed by atoms with Crippen LogP contribution in [0.15, 0.2) is 54.6 Å². The number of ether oxygens (including phenoxy) is 1. The fourth-order valence-corrected chi connectivity index (χ4v) is 6.62.